The molecule has 4 heterocycles. The number of rotatable bonds is 8. The van der Waals surface area contributed by atoms with E-state index >= 15 is 0 Å². The molecule has 3 unspecified atom stereocenters. The number of carboxylic acid groups (broad SMARTS) is 1. The Kier molecular flexibility index (Phi) is 7.59. The van der Waals surface area contributed by atoms with E-state index in [4.69, 9.17) is 5.73 Å². The first kappa shape index (κ1) is 28.7. The molecule has 1 saturated carbocycles. The van der Waals surface area contributed by atoms with Gasteiger partial charge in [-0.15, -0.1) is 0 Å². The Bertz CT molecular complexity index is 1610. The average molecular weight is 608 g/mol. The fourth-order valence-electron chi connectivity index (χ4n) is 6.23. The van der Waals surface area contributed by atoms with Crippen molar-refractivity contribution in [3.63, 3.8) is 0 Å². The third kappa shape index (κ3) is 5.68. The van der Waals surface area contributed by atoms with Crippen LogP contribution in [0, 0.1) is 11.8 Å². The highest BCUT2D eigenvalue weighted by Crippen LogP contribution is 2.63. The van der Waals surface area contributed by atoms with Crippen LogP contribution in [-0.4, -0.2) is 55.7 Å². The molecule has 1 aromatic carbocycles. The third-order valence-corrected chi connectivity index (χ3v) is 9.29. The normalized spacial score (nSPS) is 21.2. The lowest BCUT2D eigenvalue weighted by atomic mass is 9.94. The number of fused-ring (bicyclic) bond motifs is 1. The number of piperidine rings is 1. The van der Waals surface area contributed by atoms with Crippen LogP contribution in [0.1, 0.15) is 23.4 Å². The number of pyridine rings is 2. The van der Waals surface area contributed by atoms with Gasteiger partial charge in [-0.1, -0.05) is 48.2 Å². The Morgan fingerprint density at radius 1 is 1.05 bits per heavy atom. The van der Waals surface area contributed by atoms with E-state index in [0.717, 1.165) is 35.6 Å². The summed E-state index contributed by atoms with van der Waals surface area (Å²) in [5.74, 6) is 0.871. The molecule has 0 radical (unpaired) electrons. The van der Waals surface area contributed by atoms with E-state index in [1.807, 2.05) is 48.5 Å². The Morgan fingerprint density at radius 3 is 2.51 bits per heavy atom. The highest BCUT2D eigenvalue weighted by atomic mass is 32.2. The van der Waals surface area contributed by atoms with Crippen LogP contribution in [0.2, 0.25) is 0 Å². The molecule has 3 aromatic heterocycles. The van der Waals surface area contributed by atoms with Crippen LogP contribution in [0.3, 0.4) is 0 Å². The maximum Gasteiger partial charge on any atom is 0.434 e. The van der Waals surface area contributed by atoms with Gasteiger partial charge >= 0.3 is 12.3 Å². The summed E-state index contributed by atoms with van der Waals surface area (Å²) in [5.41, 5.74) is 6.49. The van der Waals surface area contributed by atoms with Gasteiger partial charge in [0.2, 0.25) is 0 Å². The molecule has 9 nitrogen and oxygen atoms in total. The maximum absolute atomic E-state index is 13.4. The smallest absolute Gasteiger partial charge is 0.434 e. The standard InChI is InChI=1S/C30H28F3N7O2S/c31-30(32,33)25-22(9-6-13-36-25)43-27-26(34)38-24(15-37-27)39-14-11-20-21(17-39)29(20,23-10-4-5-12-35-23)18-40(28(41)42)16-19-7-2-1-3-8-19/h1-10,12-13,15,20-21H,11,14,16-18H2,(H2,34,38)(H,41,42). The van der Waals surface area contributed by atoms with E-state index in [0.29, 0.717) is 25.5 Å². The van der Waals surface area contributed by atoms with Crippen molar-refractivity contribution in [3.05, 3.63) is 96.2 Å². The summed E-state index contributed by atoms with van der Waals surface area (Å²) in [6.45, 7) is 1.79. The van der Waals surface area contributed by atoms with Crippen molar-refractivity contribution in [2.24, 2.45) is 11.8 Å². The molecule has 6 rings (SSSR count). The van der Waals surface area contributed by atoms with E-state index in [1.54, 1.807) is 6.20 Å². The number of hydrogen-bond acceptors (Lipinski definition) is 8. The van der Waals surface area contributed by atoms with Crippen molar-refractivity contribution < 1.29 is 23.1 Å². The van der Waals surface area contributed by atoms with Crippen molar-refractivity contribution in [1.82, 2.24) is 24.8 Å². The Labute approximate surface area is 250 Å². The molecule has 2 aliphatic rings. The van der Waals surface area contributed by atoms with Gasteiger partial charge in [0, 0.05) is 54.6 Å². The number of nitrogen functional groups attached to an aromatic ring is 1. The van der Waals surface area contributed by atoms with E-state index in [2.05, 4.69) is 24.8 Å². The van der Waals surface area contributed by atoms with Crippen LogP contribution < -0.4 is 10.6 Å². The van der Waals surface area contributed by atoms with Crippen LogP contribution >= 0.6 is 11.8 Å². The highest BCUT2D eigenvalue weighted by Gasteiger charge is 2.68. The summed E-state index contributed by atoms with van der Waals surface area (Å²) in [4.78, 5) is 32.8. The molecule has 43 heavy (non-hydrogen) atoms. The number of anilines is 2. The van der Waals surface area contributed by atoms with Gasteiger partial charge in [-0.3, -0.25) is 9.97 Å². The minimum absolute atomic E-state index is 0.0216. The van der Waals surface area contributed by atoms with Crippen molar-refractivity contribution in [1.29, 1.82) is 0 Å². The first-order valence-corrected chi connectivity index (χ1v) is 14.5. The second-order valence-electron chi connectivity index (χ2n) is 10.7. The van der Waals surface area contributed by atoms with Crippen LogP contribution in [-0.2, 0) is 18.1 Å². The Hall–Kier alpha value is -4.39. The predicted octanol–water partition coefficient (Wildman–Crippen LogP) is 5.59. The SMILES string of the molecule is Nc1nc(N2CCC3C(C2)C3(CN(Cc2ccccc2)C(=O)O)c2ccccn2)cnc1Sc1cccnc1C(F)(F)F. The summed E-state index contributed by atoms with van der Waals surface area (Å²) >= 11 is 0.770. The van der Waals surface area contributed by atoms with Crippen molar-refractivity contribution in [2.75, 3.05) is 30.3 Å². The molecule has 1 saturated heterocycles. The van der Waals surface area contributed by atoms with Gasteiger partial charge in [0.1, 0.15) is 10.8 Å². The van der Waals surface area contributed by atoms with Gasteiger partial charge < -0.3 is 20.6 Å². The number of nitrogens with zero attached hydrogens (tertiary/aromatic N) is 6. The minimum Gasteiger partial charge on any atom is -0.465 e. The summed E-state index contributed by atoms with van der Waals surface area (Å²) in [6, 6.07) is 18.0. The minimum atomic E-state index is -4.61. The summed E-state index contributed by atoms with van der Waals surface area (Å²) in [6.07, 6.45) is -0.480. The van der Waals surface area contributed by atoms with E-state index in [-0.39, 0.29) is 34.1 Å². The maximum atomic E-state index is 13.4. The molecule has 1 amide bonds. The first-order valence-electron chi connectivity index (χ1n) is 13.7. The molecule has 13 heteroatoms. The molecule has 222 valence electrons. The average Bonchev–Trinajstić information content (AvgIpc) is 3.65. The molecular weight excluding hydrogens is 579 g/mol. The zero-order chi connectivity index (χ0) is 30.2. The number of alkyl halides is 3. The van der Waals surface area contributed by atoms with Crippen LogP contribution in [0.4, 0.5) is 29.6 Å². The molecular formula is C30H28F3N7O2S. The van der Waals surface area contributed by atoms with Gasteiger partial charge in [0.15, 0.2) is 11.5 Å². The molecule has 1 aliphatic carbocycles. The van der Waals surface area contributed by atoms with Crippen LogP contribution in [0.15, 0.2) is 89.2 Å². The van der Waals surface area contributed by atoms with Crippen LogP contribution in [0.5, 0.6) is 0 Å². The zero-order valence-corrected chi connectivity index (χ0v) is 23.7. The fourth-order valence-corrected chi connectivity index (χ4v) is 7.11. The largest absolute Gasteiger partial charge is 0.465 e. The Morgan fingerprint density at radius 2 is 1.81 bits per heavy atom. The molecule has 0 spiro atoms. The van der Waals surface area contributed by atoms with Gasteiger partial charge in [-0.25, -0.2) is 14.8 Å². The number of aromatic nitrogens is 4. The first-order chi connectivity index (χ1) is 20.7. The molecule has 4 aromatic rings. The third-order valence-electron chi connectivity index (χ3n) is 8.23. The predicted molar refractivity (Wildman–Crippen MR) is 154 cm³/mol. The number of carbonyl (C=O) groups is 1. The lowest BCUT2D eigenvalue weighted by Crippen LogP contribution is -2.38. The summed E-state index contributed by atoms with van der Waals surface area (Å²) in [7, 11) is 0. The topological polar surface area (TPSA) is 121 Å². The Balaban J connectivity index is 1.23. The molecule has 0 bridgehead atoms. The zero-order valence-electron chi connectivity index (χ0n) is 22.9. The van der Waals surface area contributed by atoms with E-state index in [1.165, 1.54) is 23.2 Å². The molecule has 2 fully saturated rings. The number of amides is 1. The van der Waals surface area contributed by atoms with E-state index in [9.17, 15) is 23.1 Å². The van der Waals surface area contributed by atoms with Crippen molar-refractivity contribution in [2.45, 2.75) is 34.5 Å². The van der Waals surface area contributed by atoms with Gasteiger partial charge in [0.05, 0.1) is 6.20 Å². The summed E-state index contributed by atoms with van der Waals surface area (Å²) < 4.78 is 40.3. The van der Waals surface area contributed by atoms with Gasteiger partial charge in [-0.2, -0.15) is 13.2 Å². The second kappa shape index (κ2) is 11.4. The van der Waals surface area contributed by atoms with Gasteiger partial charge in [-0.05, 0) is 48.1 Å². The fraction of sp³-hybridized carbons (Fsp3) is 0.300. The van der Waals surface area contributed by atoms with Crippen LogP contribution in [0.25, 0.3) is 0 Å². The lowest BCUT2D eigenvalue weighted by Gasteiger charge is -2.28. The number of halogens is 3. The van der Waals surface area contributed by atoms with Crippen molar-refractivity contribution >= 4 is 29.5 Å². The molecule has 3 atom stereocenters. The molecule has 1 aliphatic heterocycles. The highest BCUT2D eigenvalue weighted by molar-refractivity contribution is 7.99. The van der Waals surface area contributed by atoms with Crippen molar-refractivity contribution in [3.8, 4) is 0 Å². The quantitative estimate of drug-likeness (QED) is 0.264. The number of hydrogen-bond donors (Lipinski definition) is 2. The monoisotopic (exact) mass is 607 g/mol. The van der Waals surface area contributed by atoms with Gasteiger partial charge in [0.25, 0.3) is 0 Å². The molecule has 3 N–H and O–H groups in total. The van der Waals surface area contributed by atoms with E-state index < -0.39 is 23.4 Å². The number of benzene rings is 1. The number of nitrogens with two attached hydrogens (primary N) is 1. The summed E-state index contributed by atoms with van der Waals surface area (Å²) in [5, 5.41) is 10.3. The second-order valence-corrected chi connectivity index (χ2v) is 11.7. The lowest BCUT2D eigenvalue weighted by molar-refractivity contribution is -0.143.